The molecule has 0 unspecified atom stereocenters. The van der Waals surface area contributed by atoms with E-state index in [0.29, 0.717) is 22.7 Å². The Kier molecular flexibility index (Phi) is 5.12. The number of amides is 2. The van der Waals surface area contributed by atoms with Crippen LogP contribution in [-0.4, -0.2) is 37.5 Å². The molecule has 0 saturated carbocycles. The van der Waals surface area contributed by atoms with Gasteiger partial charge in [-0.05, 0) is 43.7 Å². The average molecular weight is 368 g/mol. The third kappa shape index (κ3) is 3.76. The Hall–Kier alpha value is -3.35. The van der Waals surface area contributed by atoms with Gasteiger partial charge in [0.05, 0.1) is 18.4 Å². The van der Waals surface area contributed by atoms with E-state index >= 15 is 0 Å². The maximum atomic E-state index is 12.6. The number of para-hydroxylation sites is 2. The molecule has 0 fully saturated rings. The Morgan fingerprint density at radius 1 is 1.22 bits per heavy atom. The first-order valence-corrected chi connectivity index (χ1v) is 8.46. The predicted molar refractivity (Wildman–Crippen MR) is 100 cm³/mol. The largest absolute Gasteiger partial charge is 0.479 e. The highest BCUT2D eigenvalue weighted by atomic mass is 16.5. The molecule has 0 spiro atoms. The maximum Gasteiger partial charge on any atom is 0.337 e. The molecule has 7 heteroatoms. The molecule has 0 bridgehead atoms. The molecule has 27 heavy (non-hydrogen) atoms. The number of esters is 1. The minimum Gasteiger partial charge on any atom is -0.479 e. The van der Waals surface area contributed by atoms with Crippen molar-refractivity contribution in [2.75, 3.05) is 23.9 Å². The fourth-order valence-electron chi connectivity index (χ4n) is 2.86. The second-order valence-corrected chi connectivity index (χ2v) is 6.22. The number of hydrogen-bond donors (Lipinski definition) is 1. The lowest BCUT2D eigenvalue weighted by Crippen LogP contribution is -2.47. The number of ether oxygens (including phenoxy) is 2. The van der Waals surface area contributed by atoms with Crippen molar-refractivity contribution in [2.45, 2.75) is 20.0 Å². The topological polar surface area (TPSA) is 84.9 Å². The Balaban J connectivity index is 1.80. The number of hydrogen-bond acceptors (Lipinski definition) is 5. The van der Waals surface area contributed by atoms with Crippen molar-refractivity contribution in [3.05, 3.63) is 53.6 Å². The quantitative estimate of drug-likeness (QED) is 0.839. The molecule has 2 amide bonds. The molecular weight excluding hydrogens is 348 g/mol. The number of fused-ring (bicyclic) bond motifs is 1. The van der Waals surface area contributed by atoms with Gasteiger partial charge in [0.1, 0.15) is 12.3 Å². The lowest BCUT2D eigenvalue weighted by Gasteiger charge is -2.32. The summed E-state index contributed by atoms with van der Waals surface area (Å²) in [4.78, 5) is 38.2. The number of aryl methyl sites for hydroxylation is 1. The van der Waals surface area contributed by atoms with E-state index in [-0.39, 0.29) is 18.4 Å². The lowest BCUT2D eigenvalue weighted by atomic mass is 10.1. The van der Waals surface area contributed by atoms with E-state index in [0.717, 1.165) is 5.56 Å². The second kappa shape index (κ2) is 7.49. The first-order chi connectivity index (χ1) is 12.9. The van der Waals surface area contributed by atoms with Gasteiger partial charge in [0.2, 0.25) is 5.91 Å². The van der Waals surface area contributed by atoms with Gasteiger partial charge in [-0.25, -0.2) is 4.79 Å². The number of benzene rings is 2. The van der Waals surface area contributed by atoms with Gasteiger partial charge in [-0.1, -0.05) is 18.2 Å². The molecule has 3 rings (SSSR count). The zero-order valence-corrected chi connectivity index (χ0v) is 15.3. The van der Waals surface area contributed by atoms with Crippen molar-refractivity contribution in [3.63, 3.8) is 0 Å². The van der Waals surface area contributed by atoms with Crippen LogP contribution in [0.2, 0.25) is 0 Å². The summed E-state index contributed by atoms with van der Waals surface area (Å²) < 4.78 is 10.3. The molecule has 0 saturated heterocycles. The number of anilines is 2. The van der Waals surface area contributed by atoms with E-state index in [4.69, 9.17) is 9.47 Å². The van der Waals surface area contributed by atoms with Crippen LogP contribution in [0.1, 0.15) is 22.8 Å². The number of rotatable bonds is 4. The SMILES string of the molecule is COC(=O)c1ccc(C)c(NC(=O)CN2C(=O)[C@@H](C)Oc3ccccc32)c1. The predicted octanol–water partition coefficient (Wildman–Crippen LogP) is 2.53. The van der Waals surface area contributed by atoms with Crippen molar-refractivity contribution in [1.82, 2.24) is 0 Å². The highest BCUT2D eigenvalue weighted by Gasteiger charge is 2.32. The van der Waals surface area contributed by atoms with E-state index < -0.39 is 12.1 Å². The third-order valence-electron chi connectivity index (χ3n) is 4.31. The van der Waals surface area contributed by atoms with E-state index in [9.17, 15) is 14.4 Å². The van der Waals surface area contributed by atoms with E-state index in [1.54, 1.807) is 49.4 Å². The fraction of sp³-hybridized carbons (Fsp3) is 0.250. The zero-order chi connectivity index (χ0) is 19.6. The second-order valence-electron chi connectivity index (χ2n) is 6.22. The van der Waals surface area contributed by atoms with Crippen LogP contribution < -0.4 is 15.0 Å². The molecule has 1 atom stereocenters. The minimum atomic E-state index is -0.669. The number of nitrogens with one attached hydrogen (secondary N) is 1. The molecule has 140 valence electrons. The monoisotopic (exact) mass is 368 g/mol. The molecule has 1 heterocycles. The van der Waals surface area contributed by atoms with Crippen LogP contribution in [0.5, 0.6) is 5.75 Å². The van der Waals surface area contributed by atoms with E-state index in [1.165, 1.54) is 12.0 Å². The van der Waals surface area contributed by atoms with E-state index in [1.807, 2.05) is 6.92 Å². The first-order valence-electron chi connectivity index (χ1n) is 8.46. The summed E-state index contributed by atoms with van der Waals surface area (Å²) in [6, 6.07) is 12.0. The number of carbonyl (C=O) groups excluding carboxylic acids is 3. The Labute approximate surface area is 156 Å². The van der Waals surface area contributed by atoms with Crippen molar-refractivity contribution in [3.8, 4) is 5.75 Å². The van der Waals surface area contributed by atoms with Crippen LogP contribution in [0.3, 0.4) is 0 Å². The Morgan fingerprint density at radius 2 is 1.96 bits per heavy atom. The number of nitrogens with zero attached hydrogens (tertiary/aromatic N) is 1. The van der Waals surface area contributed by atoms with Crippen LogP contribution in [-0.2, 0) is 14.3 Å². The molecule has 1 N–H and O–H groups in total. The van der Waals surface area contributed by atoms with Crippen LogP contribution in [0.4, 0.5) is 11.4 Å². The van der Waals surface area contributed by atoms with Gasteiger partial charge in [-0.2, -0.15) is 0 Å². The first kappa shape index (κ1) is 18.4. The fourth-order valence-corrected chi connectivity index (χ4v) is 2.86. The summed E-state index contributed by atoms with van der Waals surface area (Å²) >= 11 is 0. The van der Waals surface area contributed by atoms with Gasteiger partial charge >= 0.3 is 5.97 Å². The zero-order valence-electron chi connectivity index (χ0n) is 15.3. The highest BCUT2D eigenvalue weighted by molar-refractivity contribution is 6.06. The third-order valence-corrected chi connectivity index (χ3v) is 4.31. The van der Waals surface area contributed by atoms with Crippen LogP contribution in [0.25, 0.3) is 0 Å². The van der Waals surface area contributed by atoms with Gasteiger partial charge in [-0.15, -0.1) is 0 Å². The smallest absolute Gasteiger partial charge is 0.337 e. The summed E-state index contributed by atoms with van der Waals surface area (Å²) in [6.07, 6.45) is -0.669. The van der Waals surface area contributed by atoms with Crippen molar-refractivity contribution in [2.24, 2.45) is 0 Å². The van der Waals surface area contributed by atoms with Gasteiger partial charge in [0.25, 0.3) is 5.91 Å². The molecular formula is C20H20N2O5. The van der Waals surface area contributed by atoms with Crippen LogP contribution in [0, 0.1) is 6.92 Å². The molecule has 1 aliphatic rings. The molecule has 0 aromatic heterocycles. The summed E-state index contributed by atoms with van der Waals surface area (Å²) in [5.74, 6) is -0.598. The summed E-state index contributed by atoms with van der Waals surface area (Å²) in [5, 5.41) is 2.76. The van der Waals surface area contributed by atoms with Gasteiger partial charge in [0, 0.05) is 5.69 Å². The average Bonchev–Trinajstić information content (AvgIpc) is 2.66. The van der Waals surface area contributed by atoms with Gasteiger partial charge in [-0.3, -0.25) is 14.5 Å². The molecule has 2 aromatic rings. The van der Waals surface area contributed by atoms with Gasteiger partial charge in [0.15, 0.2) is 6.10 Å². The maximum absolute atomic E-state index is 12.6. The highest BCUT2D eigenvalue weighted by Crippen LogP contribution is 2.33. The van der Waals surface area contributed by atoms with Gasteiger partial charge < -0.3 is 14.8 Å². The summed E-state index contributed by atoms with van der Waals surface area (Å²) in [7, 11) is 1.29. The normalized spacial score (nSPS) is 15.6. The van der Waals surface area contributed by atoms with Crippen LogP contribution in [0.15, 0.2) is 42.5 Å². The summed E-state index contributed by atoms with van der Waals surface area (Å²) in [6.45, 7) is 3.30. The van der Waals surface area contributed by atoms with Crippen molar-refractivity contribution >= 4 is 29.2 Å². The van der Waals surface area contributed by atoms with Crippen LogP contribution >= 0.6 is 0 Å². The molecule has 1 aliphatic heterocycles. The van der Waals surface area contributed by atoms with E-state index in [2.05, 4.69) is 5.32 Å². The summed E-state index contributed by atoms with van der Waals surface area (Å²) in [5.41, 5.74) is 2.17. The molecule has 0 aliphatic carbocycles. The van der Waals surface area contributed by atoms with Crippen molar-refractivity contribution in [1.29, 1.82) is 0 Å². The number of carbonyl (C=O) groups is 3. The molecule has 7 nitrogen and oxygen atoms in total. The molecule has 2 aromatic carbocycles. The Morgan fingerprint density at radius 3 is 2.70 bits per heavy atom. The number of methoxy groups -OCH3 is 1. The minimum absolute atomic E-state index is 0.161. The lowest BCUT2D eigenvalue weighted by molar-refractivity contribution is -0.127. The molecule has 0 radical (unpaired) electrons. The Bertz CT molecular complexity index is 909. The standard InChI is InChI=1S/C20H20N2O5/c1-12-8-9-14(20(25)26-3)10-15(12)21-18(23)11-22-16-6-4-5-7-17(16)27-13(2)19(22)24/h4-10,13H,11H2,1-3H3,(H,21,23)/t13-/m1/s1. The van der Waals surface area contributed by atoms with Crippen molar-refractivity contribution < 1.29 is 23.9 Å².